The first-order valence-electron chi connectivity index (χ1n) is 5.50. The number of ether oxygens (including phenoxy) is 1. The van der Waals surface area contributed by atoms with E-state index in [1.807, 2.05) is 0 Å². The molecular weight excluding hydrogens is 227 g/mol. The van der Waals surface area contributed by atoms with E-state index in [4.69, 9.17) is 9.84 Å². The quantitative estimate of drug-likeness (QED) is 0.852. The smallest absolute Gasteiger partial charge is 0.338 e. The molecule has 17 heavy (non-hydrogen) atoms. The molecule has 2 rings (SSSR count). The van der Waals surface area contributed by atoms with Crippen LogP contribution >= 0.6 is 0 Å². The summed E-state index contributed by atoms with van der Waals surface area (Å²) in [7, 11) is 0. The molecule has 0 amide bonds. The van der Waals surface area contributed by atoms with Crippen molar-refractivity contribution in [3.8, 4) is 11.5 Å². The van der Waals surface area contributed by atoms with E-state index in [0.29, 0.717) is 0 Å². The molecule has 92 valence electrons. The lowest BCUT2D eigenvalue weighted by Crippen LogP contribution is -2.12. The molecule has 2 N–H and O–H groups in total. The molecule has 1 aliphatic rings. The third-order valence-electron chi connectivity index (χ3n) is 2.87. The Bertz CT molecular complexity index is 438. The summed E-state index contributed by atoms with van der Waals surface area (Å²) in [6.45, 7) is 0. The number of aromatic carboxylic acids is 1. The average Bonchev–Trinajstić information content (AvgIpc) is 2.74. The second-order valence-corrected chi connectivity index (χ2v) is 4.13. The van der Waals surface area contributed by atoms with Gasteiger partial charge in [-0.1, -0.05) is 0 Å². The molecule has 0 bridgehead atoms. The van der Waals surface area contributed by atoms with Crippen molar-refractivity contribution in [3.05, 3.63) is 23.5 Å². The van der Waals surface area contributed by atoms with E-state index in [0.717, 1.165) is 37.8 Å². The van der Waals surface area contributed by atoms with Gasteiger partial charge in [0.05, 0.1) is 11.7 Å². The van der Waals surface area contributed by atoms with Gasteiger partial charge in [0.15, 0.2) is 11.5 Å². The van der Waals surface area contributed by atoms with Gasteiger partial charge >= 0.3 is 5.97 Å². The highest BCUT2D eigenvalue weighted by Gasteiger charge is 2.21. The lowest BCUT2D eigenvalue weighted by Gasteiger charge is -2.14. The summed E-state index contributed by atoms with van der Waals surface area (Å²) < 4.78 is 18.7. The van der Waals surface area contributed by atoms with E-state index in [2.05, 4.69) is 0 Å². The van der Waals surface area contributed by atoms with Crippen LogP contribution in [0.5, 0.6) is 11.5 Å². The molecule has 1 saturated carbocycles. The Balaban J connectivity index is 2.26. The largest absolute Gasteiger partial charge is 0.504 e. The molecule has 1 aromatic carbocycles. The van der Waals surface area contributed by atoms with Crippen molar-refractivity contribution in [1.29, 1.82) is 0 Å². The fraction of sp³-hybridized carbons (Fsp3) is 0.417. The van der Waals surface area contributed by atoms with Crippen LogP contribution in [-0.4, -0.2) is 22.3 Å². The van der Waals surface area contributed by atoms with Crippen molar-refractivity contribution in [2.75, 3.05) is 0 Å². The van der Waals surface area contributed by atoms with Crippen molar-refractivity contribution in [1.82, 2.24) is 0 Å². The van der Waals surface area contributed by atoms with Crippen LogP contribution in [0.3, 0.4) is 0 Å². The summed E-state index contributed by atoms with van der Waals surface area (Å²) in [5.74, 6) is -2.66. The van der Waals surface area contributed by atoms with Crippen molar-refractivity contribution < 1.29 is 24.1 Å². The molecule has 0 spiro atoms. The molecule has 0 aliphatic heterocycles. The monoisotopic (exact) mass is 240 g/mol. The molecule has 1 aliphatic carbocycles. The number of carbonyl (C=O) groups is 1. The zero-order valence-corrected chi connectivity index (χ0v) is 9.15. The third-order valence-corrected chi connectivity index (χ3v) is 2.87. The summed E-state index contributed by atoms with van der Waals surface area (Å²) >= 11 is 0. The summed E-state index contributed by atoms with van der Waals surface area (Å²) in [5, 5.41) is 18.3. The summed E-state index contributed by atoms with van der Waals surface area (Å²) in [5.41, 5.74) is -0.490. The maximum absolute atomic E-state index is 13.2. The van der Waals surface area contributed by atoms with Crippen molar-refractivity contribution in [3.63, 3.8) is 0 Å². The zero-order valence-electron chi connectivity index (χ0n) is 9.15. The Kier molecular flexibility index (Phi) is 3.17. The van der Waals surface area contributed by atoms with Crippen LogP contribution in [0.15, 0.2) is 12.1 Å². The van der Waals surface area contributed by atoms with Gasteiger partial charge in [-0.2, -0.15) is 0 Å². The van der Waals surface area contributed by atoms with Crippen molar-refractivity contribution in [2.45, 2.75) is 31.8 Å². The normalized spacial score (nSPS) is 16.1. The van der Waals surface area contributed by atoms with Crippen molar-refractivity contribution >= 4 is 5.97 Å². The highest BCUT2D eigenvalue weighted by atomic mass is 19.1. The van der Waals surface area contributed by atoms with Crippen LogP contribution in [0.4, 0.5) is 4.39 Å². The first kappa shape index (κ1) is 11.7. The molecule has 4 nitrogen and oxygen atoms in total. The number of hydrogen-bond donors (Lipinski definition) is 2. The van der Waals surface area contributed by atoms with Gasteiger partial charge in [-0.05, 0) is 25.7 Å². The molecule has 0 saturated heterocycles. The standard InChI is InChI=1S/C12H13FO4/c13-9-6-10(14)11(5-8(9)12(15)16)17-7-3-1-2-4-7/h5-7,14H,1-4H2,(H,15,16). The van der Waals surface area contributed by atoms with Crippen molar-refractivity contribution in [2.24, 2.45) is 0 Å². The molecule has 5 heteroatoms. The van der Waals surface area contributed by atoms with Crippen LogP contribution in [0.25, 0.3) is 0 Å². The van der Waals surface area contributed by atoms with Gasteiger partial charge in [0.2, 0.25) is 0 Å². The number of hydrogen-bond acceptors (Lipinski definition) is 3. The van der Waals surface area contributed by atoms with Crippen LogP contribution in [0, 0.1) is 5.82 Å². The van der Waals surface area contributed by atoms with E-state index < -0.39 is 17.3 Å². The Morgan fingerprint density at radius 1 is 1.35 bits per heavy atom. The molecular formula is C12H13FO4. The SMILES string of the molecule is O=C(O)c1cc(OC2CCCC2)c(O)cc1F. The molecule has 0 unspecified atom stereocenters. The maximum atomic E-state index is 13.2. The number of phenolic OH excluding ortho intramolecular Hbond substituents is 1. The summed E-state index contributed by atoms with van der Waals surface area (Å²) in [4.78, 5) is 10.7. The molecule has 1 fully saturated rings. The molecule has 0 aromatic heterocycles. The predicted molar refractivity (Wildman–Crippen MR) is 57.9 cm³/mol. The lowest BCUT2D eigenvalue weighted by atomic mass is 10.2. The Labute approximate surface area is 97.6 Å². The van der Waals surface area contributed by atoms with Gasteiger partial charge in [-0.3, -0.25) is 0 Å². The minimum atomic E-state index is -1.38. The van der Waals surface area contributed by atoms with Crippen LogP contribution in [0.2, 0.25) is 0 Å². The van der Waals surface area contributed by atoms with Crippen LogP contribution < -0.4 is 4.74 Å². The van der Waals surface area contributed by atoms with Crippen LogP contribution in [-0.2, 0) is 0 Å². The number of benzene rings is 1. The van der Waals surface area contributed by atoms with Gasteiger partial charge < -0.3 is 14.9 Å². The molecule has 0 heterocycles. The number of rotatable bonds is 3. The molecule has 0 atom stereocenters. The zero-order chi connectivity index (χ0) is 12.4. The van der Waals surface area contributed by atoms with E-state index >= 15 is 0 Å². The highest BCUT2D eigenvalue weighted by molar-refractivity contribution is 5.88. The minimum absolute atomic E-state index is 0.0204. The Morgan fingerprint density at radius 2 is 2.00 bits per heavy atom. The van der Waals surface area contributed by atoms with Gasteiger partial charge in [0.25, 0.3) is 0 Å². The fourth-order valence-corrected chi connectivity index (χ4v) is 1.99. The summed E-state index contributed by atoms with van der Waals surface area (Å²) in [6.07, 6.45) is 3.84. The second kappa shape index (κ2) is 4.61. The average molecular weight is 240 g/mol. The number of carboxylic acid groups (broad SMARTS) is 1. The number of aromatic hydroxyl groups is 1. The van der Waals surface area contributed by atoms with Crippen LogP contribution in [0.1, 0.15) is 36.0 Å². The topological polar surface area (TPSA) is 66.8 Å². The maximum Gasteiger partial charge on any atom is 0.338 e. The van der Waals surface area contributed by atoms with Gasteiger partial charge in [-0.25, -0.2) is 9.18 Å². The number of halogens is 1. The first-order chi connectivity index (χ1) is 8.08. The second-order valence-electron chi connectivity index (χ2n) is 4.13. The van der Waals surface area contributed by atoms with E-state index in [1.165, 1.54) is 0 Å². The predicted octanol–water partition coefficient (Wildman–Crippen LogP) is 2.55. The number of carboxylic acids is 1. The lowest BCUT2D eigenvalue weighted by molar-refractivity contribution is 0.0690. The van der Waals surface area contributed by atoms with E-state index in [9.17, 15) is 14.3 Å². The highest BCUT2D eigenvalue weighted by Crippen LogP contribution is 2.32. The summed E-state index contributed by atoms with van der Waals surface area (Å²) in [6, 6.07) is 1.80. The minimum Gasteiger partial charge on any atom is -0.504 e. The molecule has 1 aromatic rings. The molecule has 0 radical (unpaired) electrons. The Hall–Kier alpha value is -1.78. The Morgan fingerprint density at radius 3 is 2.59 bits per heavy atom. The van der Waals surface area contributed by atoms with Gasteiger partial charge in [-0.15, -0.1) is 0 Å². The van der Waals surface area contributed by atoms with Gasteiger partial charge in [0, 0.05) is 12.1 Å². The van der Waals surface area contributed by atoms with E-state index in [-0.39, 0.29) is 17.6 Å². The third kappa shape index (κ3) is 2.49. The number of phenols is 1. The van der Waals surface area contributed by atoms with E-state index in [1.54, 1.807) is 0 Å². The van der Waals surface area contributed by atoms with Gasteiger partial charge in [0.1, 0.15) is 5.82 Å². The fourth-order valence-electron chi connectivity index (χ4n) is 1.99. The first-order valence-corrected chi connectivity index (χ1v) is 5.50.